The molecule has 3 heteroatoms. The minimum absolute atomic E-state index is 0.704. The van der Waals surface area contributed by atoms with E-state index < -0.39 is 0 Å². The minimum Gasteiger partial charge on any atom is -0.496 e. The third kappa shape index (κ3) is 3.66. The highest BCUT2D eigenvalue weighted by Crippen LogP contribution is 2.26. The normalized spacial score (nSPS) is 10.4. The SMILES string of the molecule is CCOc1ccc(Cc2cc(I)c(OC)cc2C)cc1. The number of methoxy groups -OCH3 is 1. The molecule has 20 heavy (non-hydrogen) atoms. The van der Waals surface area contributed by atoms with Gasteiger partial charge in [-0.05, 0) is 83.8 Å². The second-order valence-corrected chi connectivity index (χ2v) is 5.83. The quantitative estimate of drug-likeness (QED) is 0.704. The molecule has 0 bridgehead atoms. The van der Waals surface area contributed by atoms with E-state index in [1.54, 1.807) is 7.11 Å². The van der Waals surface area contributed by atoms with Crippen LogP contribution >= 0.6 is 22.6 Å². The predicted molar refractivity (Wildman–Crippen MR) is 90.9 cm³/mol. The first-order valence-electron chi connectivity index (χ1n) is 6.68. The van der Waals surface area contributed by atoms with Gasteiger partial charge in [0, 0.05) is 0 Å². The van der Waals surface area contributed by atoms with Crippen LogP contribution in [0.5, 0.6) is 11.5 Å². The molecule has 0 amide bonds. The van der Waals surface area contributed by atoms with Gasteiger partial charge < -0.3 is 9.47 Å². The summed E-state index contributed by atoms with van der Waals surface area (Å²) in [7, 11) is 1.71. The van der Waals surface area contributed by atoms with Crippen LogP contribution in [0, 0.1) is 10.5 Å². The van der Waals surface area contributed by atoms with E-state index in [4.69, 9.17) is 9.47 Å². The highest BCUT2D eigenvalue weighted by molar-refractivity contribution is 14.1. The van der Waals surface area contributed by atoms with Crippen LogP contribution in [0.15, 0.2) is 36.4 Å². The maximum absolute atomic E-state index is 5.47. The molecule has 0 heterocycles. The van der Waals surface area contributed by atoms with E-state index in [-0.39, 0.29) is 0 Å². The highest BCUT2D eigenvalue weighted by atomic mass is 127. The summed E-state index contributed by atoms with van der Waals surface area (Å²) in [6, 6.07) is 12.6. The van der Waals surface area contributed by atoms with Crippen LogP contribution in [0.25, 0.3) is 0 Å². The Balaban J connectivity index is 2.19. The standard InChI is InChI=1S/C17H19IO2/c1-4-20-15-7-5-13(6-8-15)10-14-11-16(18)17(19-3)9-12(14)2/h5-9,11H,4,10H2,1-3H3. The molecule has 0 aliphatic heterocycles. The summed E-state index contributed by atoms with van der Waals surface area (Å²) in [5.41, 5.74) is 3.88. The van der Waals surface area contributed by atoms with Gasteiger partial charge in [0.05, 0.1) is 17.3 Å². The van der Waals surface area contributed by atoms with Gasteiger partial charge in [-0.2, -0.15) is 0 Å². The maximum atomic E-state index is 5.47. The van der Waals surface area contributed by atoms with E-state index in [2.05, 4.69) is 53.8 Å². The Morgan fingerprint density at radius 1 is 1.10 bits per heavy atom. The van der Waals surface area contributed by atoms with E-state index in [1.807, 2.05) is 19.1 Å². The Morgan fingerprint density at radius 3 is 2.40 bits per heavy atom. The number of hydrogen-bond donors (Lipinski definition) is 0. The molecule has 0 unspecified atom stereocenters. The molecule has 106 valence electrons. The van der Waals surface area contributed by atoms with Crippen molar-refractivity contribution in [3.63, 3.8) is 0 Å². The van der Waals surface area contributed by atoms with Crippen LogP contribution in [0.3, 0.4) is 0 Å². The van der Waals surface area contributed by atoms with Crippen molar-refractivity contribution < 1.29 is 9.47 Å². The molecule has 2 rings (SSSR count). The summed E-state index contributed by atoms with van der Waals surface area (Å²) >= 11 is 2.32. The molecule has 0 atom stereocenters. The second-order valence-electron chi connectivity index (χ2n) is 4.67. The molecule has 0 radical (unpaired) electrons. The van der Waals surface area contributed by atoms with Crippen LogP contribution in [-0.2, 0) is 6.42 Å². The fourth-order valence-electron chi connectivity index (χ4n) is 2.13. The molecule has 2 aromatic rings. The fraction of sp³-hybridized carbons (Fsp3) is 0.294. The summed E-state index contributed by atoms with van der Waals surface area (Å²) in [6.07, 6.45) is 0.929. The average Bonchev–Trinajstić information content (AvgIpc) is 2.45. The lowest BCUT2D eigenvalue weighted by Gasteiger charge is -2.11. The monoisotopic (exact) mass is 382 g/mol. The van der Waals surface area contributed by atoms with E-state index in [0.717, 1.165) is 21.5 Å². The molecule has 0 aromatic heterocycles. The number of ether oxygens (including phenoxy) is 2. The van der Waals surface area contributed by atoms with Gasteiger partial charge in [-0.25, -0.2) is 0 Å². The van der Waals surface area contributed by atoms with Gasteiger partial charge in [0.25, 0.3) is 0 Å². The Bertz CT molecular complexity index is 576. The molecule has 0 saturated carbocycles. The van der Waals surface area contributed by atoms with Gasteiger partial charge in [-0.1, -0.05) is 12.1 Å². The number of benzene rings is 2. The second kappa shape index (κ2) is 6.97. The number of rotatable bonds is 5. The smallest absolute Gasteiger partial charge is 0.132 e. The lowest BCUT2D eigenvalue weighted by molar-refractivity contribution is 0.340. The zero-order valence-electron chi connectivity index (χ0n) is 12.1. The number of aryl methyl sites for hydroxylation is 1. The molecule has 0 saturated heterocycles. The Kier molecular flexibility index (Phi) is 5.29. The van der Waals surface area contributed by atoms with Gasteiger partial charge in [-0.15, -0.1) is 0 Å². The van der Waals surface area contributed by atoms with Gasteiger partial charge in [0.1, 0.15) is 11.5 Å². The highest BCUT2D eigenvalue weighted by Gasteiger charge is 2.07. The van der Waals surface area contributed by atoms with Crippen molar-refractivity contribution in [3.05, 3.63) is 56.7 Å². The largest absolute Gasteiger partial charge is 0.496 e. The number of hydrogen-bond acceptors (Lipinski definition) is 2. The summed E-state index contributed by atoms with van der Waals surface area (Å²) < 4.78 is 12.0. The summed E-state index contributed by atoms with van der Waals surface area (Å²) in [5, 5.41) is 0. The third-order valence-corrected chi connectivity index (χ3v) is 4.08. The molecular weight excluding hydrogens is 363 g/mol. The zero-order valence-corrected chi connectivity index (χ0v) is 14.2. The first-order valence-corrected chi connectivity index (χ1v) is 7.76. The lowest BCUT2D eigenvalue weighted by atomic mass is 10.0. The summed E-state index contributed by atoms with van der Waals surface area (Å²) in [5.74, 6) is 1.87. The predicted octanol–water partition coefficient (Wildman–Crippen LogP) is 4.60. The number of halogens is 1. The average molecular weight is 382 g/mol. The van der Waals surface area contributed by atoms with Gasteiger partial charge in [0.2, 0.25) is 0 Å². The Morgan fingerprint density at radius 2 is 1.80 bits per heavy atom. The van der Waals surface area contributed by atoms with E-state index in [0.29, 0.717) is 6.61 Å². The molecule has 0 N–H and O–H groups in total. The van der Waals surface area contributed by atoms with E-state index in [1.165, 1.54) is 16.7 Å². The molecule has 0 aliphatic rings. The lowest BCUT2D eigenvalue weighted by Crippen LogP contribution is -1.96. The van der Waals surface area contributed by atoms with Crippen molar-refractivity contribution >= 4 is 22.6 Å². The topological polar surface area (TPSA) is 18.5 Å². The fourth-order valence-corrected chi connectivity index (χ4v) is 2.89. The Hall–Kier alpha value is -1.23. The Labute approximate surface area is 134 Å². The van der Waals surface area contributed by atoms with Crippen molar-refractivity contribution in [2.45, 2.75) is 20.3 Å². The van der Waals surface area contributed by atoms with Crippen LogP contribution in [0.2, 0.25) is 0 Å². The van der Waals surface area contributed by atoms with Crippen LogP contribution in [0.4, 0.5) is 0 Å². The molecule has 2 nitrogen and oxygen atoms in total. The minimum atomic E-state index is 0.704. The van der Waals surface area contributed by atoms with Gasteiger partial charge in [-0.3, -0.25) is 0 Å². The van der Waals surface area contributed by atoms with Crippen LogP contribution < -0.4 is 9.47 Å². The molecule has 0 aliphatic carbocycles. The van der Waals surface area contributed by atoms with E-state index in [9.17, 15) is 0 Å². The van der Waals surface area contributed by atoms with E-state index >= 15 is 0 Å². The maximum Gasteiger partial charge on any atom is 0.132 e. The van der Waals surface area contributed by atoms with Crippen molar-refractivity contribution in [2.75, 3.05) is 13.7 Å². The van der Waals surface area contributed by atoms with Crippen molar-refractivity contribution in [3.8, 4) is 11.5 Å². The van der Waals surface area contributed by atoms with Gasteiger partial charge >= 0.3 is 0 Å². The van der Waals surface area contributed by atoms with Crippen molar-refractivity contribution in [1.82, 2.24) is 0 Å². The molecular formula is C17H19IO2. The first-order chi connectivity index (χ1) is 9.63. The molecule has 0 fully saturated rings. The molecule has 0 spiro atoms. The first kappa shape index (κ1) is 15.2. The van der Waals surface area contributed by atoms with Crippen molar-refractivity contribution in [1.29, 1.82) is 0 Å². The molecule has 2 aromatic carbocycles. The van der Waals surface area contributed by atoms with Crippen LogP contribution in [-0.4, -0.2) is 13.7 Å². The summed E-state index contributed by atoms with van der Waals surface area (Å²) in [4.78, 5) is 0. The van der Waals surface area contributed by atoms with Gasteiger partial charge in [0.15, 0.2) is 0 Å². The third-order valence-electron chi connectivity index (χ3n) is 3.24. The zero-order chi connectivity index (χ0) is 14.5. The van der Waals surface area contributed by atoms with Crippen LogP contribution in [0.1, 0.15) is 23.6 Å². The summed E-state index contributed by atoms with van der Waals surface area (Å²) in [6.45, 7) is 4.83. The van der Waals surface area contributed by atoms with Crippen molar-refractivity contribution in [2.24, 2.45) is 0 Å².